The molecular weight excluding hydrogens is 362 g/mol. The van der Waals surface area contributed by atoms with E-state index in [4.69, 9.17) is 20.4 Å². The zero-order chi connectivity index (χ0) is 20.7. The Morgan fingerprint density at radius 3 is 1.00 bits per heavy atom. The van der Waals surface area contributed by atoms with Crippen molar-refractivity contribution in [2.75, 3.05) is 52.4 Å². The lowest BCUT2D eigenvalue weighted by Gasteiger charge is -2.23. The highest BCUT2D eigenvalue weighted by molar-refractivity contribution is 5.68. The summed E-state index contributed by atoms with van der Waals surface area (Å²) in [5, 5.41) is 38.1. The van der Waals surface area contributed by atoms with Crippen molar-refractivity contribution in [3.8, 4) is 0 Å². The molecule has 0 aliphatic rings. The number of hydrogen-bond donors (Lipinski definition) is 5. The summed E-state index contributed by atoms with van der Waals surface area (Å²) in [7, 11) is 0. The summed E-state index contributed by atoms with van der Waals surface area (Å²) in [6.07, 6.45) is -0.287. The first kappa shape index (κ1) is 24.8. The molecule has 0 aromatic carbocycles. The molecule has 0 spiro atoms. The summed E-state index contributed by atoms with van der Waals surface area (Å²) in [6.45, 7) is 2.99. The lowest BCUT2D eigenvalue weighted by molar-refractivity contribution is -0.139. The predicted octanol–water partition coefficient (Wildman–Crippen LogP) is -0.921. The van der Waals surface area contributed by atoms with E-state index in [1.807, 2.05) is 0 Å². The lowest BCUT2D eigenvalue weighted by atomic mass is 10.3. The van der Waals surface area contributed by atoms with E-state index in [9.17, 15) is 19.2 Å². The molecule has 0 saturated heterocycles. The van der Waals surface area contributed by atoms with E-state index in [-0.39, 0.29) is 51.9 Å². The topological polar surface area (TPSA) is 168 Å². The molecule has 0 radical (unpaired) electrons. The van der Waals surface area contributed by atoms with Gasteiger partial charge in [-0.15, -0.1) is 0 Å². The molecule has 11 nitrogen and oxygen atoms in total. The van der Waals surface area contributed by atoms with Gasteiger partial charge in [0.05, 0.1) is 25.7 Å². The van der Waals surface area contributed by atoms with Crippen molar-refractivity contribution in [1.29, 1.82) is 0 Å². The van der Waals surface area contributed by atoms with Crippen molar-refractivity contribution < 1.29 is 39.6 Å². The number of carbonyl (C=O) groups is 4. The number of carboxylic acid groups (broad SMARTS) is 4. The molecular formula is C16H29N3O8. The number of hydrogen-bond acceptors (Lipinski definition) is 7. The van der Waals surface area contributed by atoms with Gasteiger partial charge >= 0.3 is 23.9 Å². The summed E-state index contributed by atoms with van der Waals surface area (Å²) in [6, 6.07) is 0. The van der Waals surface area contributed by atoms with E-state index in [0.717, 1.165) is 0 Å². The third kappa shape index (κ3) is 17.0. The van der Waals surface area contributed by atoms with Gasteiger partial charge in [-0.1, -0.05) is 0 Å². The van der Waals surface area contributed by atoms with E-state index < -0.39 is 23.9 Å². The Labute approximate surface area is 157 Å². The minimum absolute atomic E-state index is 0.0717. The first-order valence-electron chi connectivity index (χ1n) is 8.73. The van der Waals surface area contributed by atoms with E-state index in [2.05, 4.69) is 5.32 Å². The molecule has 0 saturated carbocycles. The molecule has 0 atom stereocenters. The minimum Gasteiger partial charge on any atom is -0.481 e. The van der Waals surface area contributed by atoms with E-state index in [1.54, 1.807) is 9.80 Å². The normalized spacial score (nSPS) is 11.0. The van der Waals surface area contributed by atoms with Crippen molar-refractivity contribution in [3.05, 3.63) is 0 Å². The van der Waals surface area contributed by atoms with Gasteiger partial charge in [0, 0.05) is 52.4 Å². The van der Waals surface area contributed by atoms with Crippen molar-refractivity contribution in [2.24, 2.45) is 0 Å². The van der Waals surface area contributed by atoms with Crippen LogP contribution in [0.1, 0.15) is 25.7 Å². The number of carboxylic acids is 4. The molecule has 11 heteroatoms. The molecule has 0 aliphatic carbocycles. The van der Waals surface area contributed by atoms with Gasteiger partial charge in [-0.3, -0.25) is 19.2 Å². The van der Waals surface area contributed by atoms with Gasteiger partial charge in [-0.05, 0) is 0 Å². The fraction of sp³-hybridized carbons (Fsp3) is 0.750. The van der Waals surface area contributed by atoms with E-state index in [1.165, 1.54) is 0 Å². The quantitative estimate of drug-likeness (QED) is 0.183. The highest BCUT2D eigenvalue weighted by atomic mass is 16.4. The van der Waals surface area contributed by atoms with E-state index in [0.29, 0.717) is 26.2 Å². The third-order valence-electron chi connectivity index (χ3n) is 3.78. The zero-order valence-corrected chi connectivity index (χ0v) is 15.3. The van der Waals surface area contributed by atoms with Crippen LogP contribution in [0.4, 0.5) is 0 Å². The Hall–Kier alpha value is -2.24. The fourth-order valence-corrected chi connectivity index (χ4v) is 2.29. The molecule has 0 fully saturated rings. The first-order valence-corrected chi connectivity index (χ1v) is 8.73. The molecule has 0 amide bonds. The second-order valence-corrected chi connectivity index (χ2v) is 6.01. The van der Waals surface area contributed by atoms with Crippen LogP contribution in [0, 0.1) is 0 Å². The van der Waals surface area contributed by atoms with Crippen LogP contribution < -0.4 is 5.32 Å². The van der Waals surface area contributed by atoms with Gasteiger partial charge in [-0.25, -0.2) is 0 Å². The maximum absolute atomic E-state index is 10.7. The molecule has 156 valence electrons. The Bertz CT molecular complexity index is 408. The van der Waals surface area contributed by atoms with Crippen LogP contribution in [0.5, 0.6) is 0 Å². The first-order chi connectivity index (χ1) is 12.7. The van der Waals surface area contributed by atoms with Crippen molar-refractivity contribution >= 4 is 23.9 Å². The molecule has 5 N–H and O–H groups in total. The molecule has 0 unspecified atom stereocenters. The second kappa shape index (κ2) is 14.9. The molecule has 0 aliphatic heterocycles. The summed E-state index contributed by atoms with van der Waals surface area (Å²) in [5.41, 5.74) is 0. The molecule has 0 aromatic rings. The van der Waals surface area contributed by atoms with Crippen LogP contribution in [0.15, 0.2) is 0 Å². The zero-order valence-electron chi connectivity index (χ0n) is 15.3. The Morgan fingerprint density at radius 1 is 0.519 bits per heavy atom. The van der Waals surface area contributed by atoms with Crippen molar-refractivity contribution in [2.45, 2.75) is 25.7 Å². The number of rotatable bonds is 18. The molecule has 0 rings (SSSR count). The van der Waals surface area contributed by atoms with Crippen molar-refractivity contribution in [3.63, 3.8) is 0 Å². The van der Waals surface area contributed by atoms with E-state index >= 15 is 0 Å². The predicted molar refractivity (Wildman–Crippen MR) is 94.8 cm³/mol. The maximum atomic E-state index is 10.7. The highest BCUT2D eigenvalue weighted by Crippen LogP contribution is 1.96. The smallest absolute Gasteiger partial charge is 0.304 e. The number of aliphatic carboxylic acids is 4. The van der Waals surface area contributed by atoms with Gasteiger partial charge in [0.25, 0.3) is 0 Å². The van der Waals surface area contributed by atoms with Crippen LogP contribution in [0.25, 0.3) is 0 Å². The largest absolute Gasteiger partial charge is 0.481 e. The van der Waals surface area contributed by atoms with Crippen LogP contribution in [-0.4, -0.2) is 106 Å². The van der Waals surface area contributed by atoms with Crippen LogP contribution in [0.3, 0.4) is 0 Å². The van der Waals surface area contributed by atoms with Gasteiger partial charge in [0.2, 0.25) is 0 Å². The average molecular weight is 391 g/mol. The number of nitrogens with one attached hydrogen (secondary N) is 1. The fourth-order valence-electron chi connectivity index (χ4n) is 2.29. The minimum atomic E-state index is -0.948. The van der Waals surface area contributed by atoms with Crippen LogP contribution in [-0.2, 0) is 19.2 Å². The molecule has 0 bridgehead atoms. The van der Waals surface area contributed by atoms with Crippen LogP contribution >= 0.6 is 0 Å². The van der Waals surface area contributed by atoms with Gasteiger partial charge in [0.15, 0.2) is 0 Å². The number of nitrogens with zero attached hydrogens (tertiary/aromatic N) is 2. The molecule has 0 aromatic heterocycles. The summed E-state index contributed by atoms with van der Waals surface area (Å²) in [4.78, 5) is 46.2. The Balaban J connectivity index is 4.19. The van der Waals surface area contributed by atoms with Gasteiger partial charge in [-0.2, -0.15) is 0 Å². The van der Waals surface area contributed by atoms with Crippen LogP contribution in [0.2, 0.25) is 0 Å². The maximum Gasteiger partial charge on any atom is 0.304 e. The van der Waals surface area contributed by atoms with Gasteiger partial charge < -0.3 is 35.5 Å². The van der Waals surface area contributed by atoms with Gasteiger partial charge in [0.1, 0.15) is 0 Å². The van der Waals surface area contributed by atoms with Crippen molar-refractivity contribution in [1.82, 2.24) is 15.1 Å². The standard InChI is InChI=1S/C16H29N3O8/c20-13(21)1-7-18(8-2-14(22)23)11-5-17-6-12-19(9-3-15(24)25)10-4-16(26)27/h17H,1-12H2,(H,20,21)(H,22,23)(H,24,25)(H,26,27). The summed E-state index contributed by atoms with van der Waals surface area (Å²) < 4.78 is 0. The summed E-state index contributed by atoms with van der Waals surface area (Å²) in [5.74, 6) is -3.79. The molecule has 0 heterocycles. The Kier molecular flexibility index (Phi) is 13.6. The lowest BCUT2D eigenvalue weighted by Crippen LogP contribution is -2.39. The SMILES string of the molecule is O=C(O)CCN(CCNCCN(CCC(=O)O)CCC(=O)O)CCC(=O)O. The Morgan fingerprint density at radius 2 is 0.778 bits per heavy atom. The monoisotopic (exact) mass is 391 g/mol. The molecule has 27 heavy (non-hydrogen) atoms. The summed E-state index contributed by atoms with van der Waals surface area (Å²) >= 11 is 0. The highest BCUT2D eigenvalue weighted by Gasteiger charge is 2.11. The average Bonchev–Trinajstić information content (AvgIpc) is 2.57. The third-order valence-corrected chi connectivity index (χ3v) is 3.78. The second-order valence-electron chi connectivity index (χ2n) is 6.01.